The molecule has 2 nitrogen and oxygen atoms in total. The van der Waals surface area contributed by atoms with Crippen LogP contribution in [0.15, 0.2) is 18.2 Å². The Morgan fingerprint density at radius 2 is 2.18 bits per heavy atom. The molecule has 1 N–H and O–H groups in total. The van der Waals surface area contributed by atoms with E-state index in [-0.39, 0.29) is 17.5 Å². The van der Waals surface area contributed by atoms with E-state index in [9.17, 15) is 9.18 Å². The van der Waals surface area contributed by atoms with Crippen molar-refractivity contribution in [1.29, 1.82) is 0 Å². The van der Waals surface area contributed by atoms with Crippen LogP contribution in [0.4, 0.5) is 4.39 Å². The van der Waals surface area contributed by atoms with Crippen molar-refractivity contribution in [3.8, 4) is 0 Å². The Balaban J connectivity index is 2.09. The van der Waals surface area contributed by atoms with Crippen LogP contribution >= 0.6 is 0 Å². The number of hydrogen-bond donors (Lipinski definition) is 1. The van der Waals surface area contributed by atoms with Gasteiger partial charge in [0.25, 0.3) is 5.91 Å². The van der Waals surface area contributed by atoms with Crippen molar-refractivity contribution >= 4 is 5.91 Å². The van der Waals surface area contributed by atoms with Crippen molar-refractivity contribution in [3.05, 3.63) is 35.1 Å². The molecule has 0 aromatic heterocycles. The monoisotopic (exact) mass is 235 g/mol. The normalized spacial score (nSPS) is 23.7. The predicted molar refractivity (Wildman–Crippen MR) is 65.4 cm³/mol. The topological polar surface area (TPSA) is 29.1 Å². The summed E-state index contributed by atoms with van der Waals surface area (Å²) in [7, 11) is 0. The summed E-state index contributed by atoms with van der Waals surface area (Å²) in [4.78, 5) is 11.9. The molecule has 3 heteroatoms. The van der Waals surface area contributed by atoms with Gasteiger partial charge in [-0.25, -0.2) is 4.39 Å². The van der Waals surface area contributed by atoms with Gasteiger partial charge in [0.05, 0.1) is 5.56 Å². The molecule has 0 heterocycles. The van der Waals surface area contributed by atoms with Crippen LogP contribution in [0.25, 0.3) is 0 Å². The Morgan fingerprint density at radius 1 is 1.41 bits per heavy atom. The van der Waals surface area contributed by atoms with Crippen LogP contribution in [0.5, 0.6) is 0 Å². The summed E-state index contributed by atoms with van der Waals surface area (Å²) in [5, 5.41) is 2.93. The average molecular weight is 235 g/mol. The van der Waals surface area contributed by atoms with Gasteiger partial charge in [-0.1, -0.05) is 19.4 Å². The summed E-state index contributed by atoms with van der Waals surface area (Å²) < 4.78 is 13.6. The second kappa shape index (κ2) is 4.86. The van der Waals surface area contributed by atoms with Crippen molar-refractivity contribution in [2.24, 2.45) is 5.92 Å². The maximum Gasteiger partial charge on any atom is 0.254 e. The van der Waals surface area contributed by atoms with Crippen molar-refractivity contribution in [2.75, 3.05) is 0 Å². The van der Waals surface area contributed by atoms with Crippen LogP contribution in [0, 0.1) is 18.7 Å². The summed E-state index contributed by atoms with van der Waals surface area (Å²) >= 11 is 0. The first kappa shape index (κ1) is 12.1. The standard InChI is InChI=1S/C14H18FNO/c1-9-6-7-11(12(15)8-9)14(17)16-13-5-3-4-10(13)2/h6-8,10,13H,3-5H2,1-2H3,(H,16,17). The summed E-state index contributed by atoms with van der Waals surface area (Å²) in [6, 6.07) is 4.91. The van der Waals surface area contributed by atoms with Gasteiger partial charge >= 0.3 is 0 Å². The van der Waals surface area contributed by atoms with E-state index in [1.807, 2.05) is 6.92 Å². The number of hydrogen-bond acceptors (Lipinski definition) is 1. The molecule has 1 fully saturated rings. The number of carbonyl (C=O) groups is 1. The van der Waals surface area contributed by atoms with Gasteiger partial charge in [-0.2, -0.15) is 0 Å². The highest BCUT2D eigenvalue weighted by Crippen LogP contribution is 2.25. The van der Waals surface area contributed by atoms with Gasteiger partial charge in [-0.3, -0.25) is 4.79 Å². The van der Waals surface area contributed by atoms with Crippen LogP contribution in [0.2, 0.25) is 0 Å². The van der Waals surface area contributed by atoms with E-state index >= 15 is 0 Å². The molecule has 92 valence electrons. The minimum Gasteiger partial charge on any atom is -0.349 e. The molecular formula is C14H18FNO. The maximum atomic E-state index is 13.6. The van der Waals surface area contributed by atoms with E-state index in [4.69, 9.17) is 0 Å². The first-order valence-corrected chi connectivity index (χ1v) is 6.15. The summed E-state index contributed by atoms with van der Waals surface area (Å²) in [6.45, 7) is 3.94. The number of carbonyl (C=O) groups excluding carboxylic acids is 1. The smallest absolute Gasteiger partial charge is 0.254 e. The lowest BCUT2D eigenvalue weighted by Gasteiger charge is -2.17. The molecule has 2 atom stereocenters. The summed E-state index contributed by atoms with van der Waals surface area (Å²) in [5.41, 5.74) is 0.975. The second-order valence-electron chi connectivity index (χ2n) is 4.97. The van der Waals surface area contributed by atoms with Gasteiger partial charge in [0.1, 0.15) is 5.82 Å². The van der Waals surface area contributed by atoms with E-state index < -0.39 is 5.82 Å². The first-order valence-electron chi connectivity index (χ1n) is 6.15. The molecule has 1 aliphatic rings. The lowest BCUT2D eigenvalue weighted by Crippen LogP contribution is -2.36. The molecule has 2 unspecified atom stereocenters. The van der Waals surface area contributed by atoms with Crippen molar-refractivity contribution in [2.45, 2.75) is 39.2 Å². The molecular weight excluding hydrogens is 217 g/mol. The Kier molecular flexibility index (Phi) is 3.46. The van der Waals surface area contributed by atoms with Crippen LogP contribution in [0.1, 0.15) is 42.1 Å². The zero-order valence-electron chi connectivity index (χ0n) is 10.3. The summed E-state index contributed by atoms with van der Waals surface area (Å²) in [5.74, 6) is -0.234. The van der Waals surface area contributed by atoms with Gasteiger partial charge in [-0.15, -0.1) is 0 Å². The minimum absolute atomic E-state index is 0.148. The van der Waals surface area contributed by atoms with Crippen molar-refractivity contribution in [3.63, 3.8) is 0 Å². The van der Waals surface area contributed by atoms with Crippen LogP contribution in [-0.2, 0) is 0 Å². The fraction of sp³-hybridized carbons (Fsp3) is 0.500. The minimum atomic E-state index is -0.437. The van der Waals surface area contributed by atoms with E-state index in [2.05, 4.69) is 12.2 Å². The Morgan fingerprint density at radius 3 is 2.76 bits per heavy atom. The van der Waals surface area contributed by atoms with Crippen LogP contribution < -0.4 is 5.32 Å². The molecule has 0 bridgehead atoms. The fourth-order valence-corrected chi connectivity index (χ4v) is 2.41. The highest BCUT2D eigenvalue weighted by molar-refractivity contribution is 5.94. The van der Waals surface area contributed by atoms with E-state index in [1.165, 1.54) is 6.07 Å². The highest BCUT2D eigenvalue weighted by atomic mass is 19.1. The number of benzene rings is 1. The molecule has 1 amide bonds. The Hall–Kier alpha value is -1.38. The number of halogens is 1. The molecule has 1 saturated carbocycles. The van der Waals surface area contributed by atoms with Gasteiger partial charge in [-0.05, 0) is 43.4 Å². The zero-order chi connectivity index (χ0) is 12.4. The molecule has 1 aromatic carbocycles. The van der Waals surface area contributed by atoms with Gasteiger partial charge < -0.3 is 5.32 Å². The summed E-state index contributed by atoms with van der Waals surface area (Å²) in [6.07, 6.45) is 3.28. The first-order chi connectivity index (χ1) is 8.08. The van der Waals surface area contributed by atoms with Gasteiger partial charge in [0.2, 0.25) is 0 Å². The third kappa shape index (κ3) is 2.65. The molecule has 0 saturated heterocycles. The molecule has 1 aliphatic carbocycles. The van der Waals surface area contributed by atoms with Gasteiger partial charge in [0, 0.05) is 6.04 Å². The SMILES string of the molecule is Cc1ccc(C(=O)NC2CCCC2C)c(F)c1. The number of rotatable bonds is 2. The number of aryl methyl sites for hydroxylation is 1. The molecule has 0 aliphatic heterocycles. The average Bonchev–Trinajstić information content (AvgIpc) is 2.64. The predicted octanol–water partition coefficient (Wildman–Crippen LogP) is 3.05. The molecule has 0 radical (unpaired) electrons. The molecule has 2 rings (SSSR count). The van der Waals surface area contributed by atoms with Crippen molar-refractivity contribution < 1.29 is 9.18 Å². The Bertz CT molecular complexity index is 430. The number of amides is 1. The zero-order valence-corrected chi connectivity index (χ0v) is 10.3. The van der Waals surface area contributed by atoms with Gasteiger partial charge in [0.15, 0.2) is 0 Å². The molecule has 17 heavy (non-hydrogen) atoms. The third-order valence-corrected chi connectivity index (χ3v) is 3.55. The fourth-order valence-electron chi connectivity index (χ4n) is 2.41. The largest absolute Gasteiger partial charge is 0.349 e. The maximum absolute atomic E-state index is 13.6. The number of nitrogens with one attached hydrogen (secondary N) is 1. The van der Waals surface area contributed by atoms with E-state index in [1.54, 1.807) is 12.1 Å². The highest BCUT2D eigenvalue weighted by Gasteiger charge is 2.25. The lowest BCUT2D eigenvalue weighted by atomic mass is 10.1. The van der Waals surface area contributed by atoms with Crippen molar-refractivity contribution in [1.82, 2.24) is 5.32 Å². The third-order valence-electron chi connectivity index (χ3n) is 3.55. The van der Waals surface area contributed by atoms with E-state index in [0.717, 1.165) is 24.8 Å². The quantitative estimate of drug-likeness (QED) is 0.838. The lowest BCUT2D eigenvalue weighted by molar-refractivity contribution is 0.0925. The Labute approximate surface area is 101 Å². The molecule has 1 aromatic rings. The van der Waals surface area contributed by atoms with Crippen LogP contribution in [-0.4, -0.2) is 11.9 Å². The van der Waals surface area contributed by atoms with E-state index in [0.29, 0.717) is 5.92 Å². The van der Waals surface area contributed by atoms with Crippen LogP contribution in [0.3, 0.4) is 0 Å². The second-order valence-corrected chi connectivity index (χ2v) is 4.97. The molecule has 0 spiro atoms.